The van der Waals surface area contributed by atoms with Crippen LogP contribution >= 0.6 is 0 Å². The Kier molecular flexibility index (Phi) is 6.39. The van der Waals surface area contributed by atoms with Gasteiger partial charge in [-0.2, -0.15) is 0 Å². The monoisotopic (exact) mass is 296 g/mol. The minimum atomic E-state index is -3.27. The van der Waals surface area contributed by atoms with Gasteiger partial charge in [-0.1, -0.05) is 44.2 Å². The Balaban J connectivity index is 2.67. The summed E-state index contributed by atoms with van der Waals surface area (Å²) in [5, 5.41) is 3.33. The van der Waals surface area contributed by atoms with Crippen molar-refractivity contribution in [1.29, 1.82) is 0 Å². The zero-order valence-electron chi connectivity index (χ0n) is 12.5. The van der Waals surface area contributed by atoms with Crippen molar-refractivity contribution >= 4 is 10.0 Å². The smallest absolute Gasteiger partial charge is 0.218 e. The summed E-state index contributed by atoms with van der Waals surface area (Å²) in [6.45, 7) is 8.87. The van der Waals surface area contributed by atoms with E-state index in [1.165, 1.54) is 4.31 Å². The molecule has 0 bridgehead atoms. The molecule has 1 aromatic rings. The lowest BCUT2D eigenvalue weighted by atomic mass is 10.1. The van der Waals surface area contributed by atoms with Gasteiger partial charge in [-0.3, -0.25) is 0 Å². The molecular weight excluding hydrogens is 272 g/mol. The van der Waals surface area contributed by atoms with Crippen molar-refractivity contribution in [3.05, 3.63) is 48.0 Å². The minimum Gasteiger partial charge on any atom is -0.310 e. The summed E-state index contributed by atoms with van der Waals surface area (Å²) in [6, 6.07) is 8.11. The summed E-state index contributed by atoms with van der Waals surface area (Å²) < 4.78 is 25.4. The van der Waals surface area contributed by atoms with Gasteiger partial charge in [-0.05, 0) is 11.1 Å². The second-order valence-corrected chi connectivity index (χ2v) is 7.25. The molecule has 0 aliphatic rings. The fourth-order valence-corrected chi connectivity index (χ4v) is 2.86. The molecule has 1 N–H and O–H groups in total. The molecule has 20 heavy (non-hydrogen) atoms. The first-order valence-electron chi connectivity index (χ1n) is 6.71. The number of hydrogen-bond donors (Lipinski definition) is 1. The molecule has 0 heterocycles. The van der Waals surface area contributed by atoms with E-state index in [1.807, 2.05) is 24.3 Å². The molecule has 0 amide bonds. The third-order valence-corrected chi connectivity index (χ3v) is 4.74. The van der Waals surface area contributed by atoms with Crippen molar-refractivity contribution in [3.63, 3.8) is 0 Å². The van der Waals surface area contributed by atoms with Crippen LogP contribution in [0.3, 0.4) is 0 Å². The van der Waals surface area contributed by atoms with Crippen molar-refractivity contribution in [2.75, 3.05) is 13.6 Å². The lowest BCUT2D eigenvalue weighted by Crippen LogP contribution is -2.28. The van der Waals surface area contributed by atoms with Crippen LogP contribution in [0.15, 0.2) is 36.9 Å². The summed E-state index contributed by atoms with van der Waals surface area (Å²) in [5.41, 5.74) is 1.95. The highest BCUT2D eigenvalue weighted by atomic mass is 32.2. The van der Waals surface area contributed by atoms with Crippen LogP contribution in [0.25, 0.3) is 0 Å². The van der Waals surface area contributed by atoms with E-state index in [9.17, 15) is 8.42 Å². The normalized spacial score (nSPS) is 12.1. The maximum atomic E-state index is 12.1. The Morgan fingerprint density at radius 1 is 1.25 bits per heavy atom. The van der Waals surface area contributed by atoms with Gasteiger partial charge in [0.2, 0.25) is 10.0 Å². The molecule has 0 atom stereocenters. The maximum absolute atomic E-state index is 12.1. The first-order chi connectivity index (χ1) is 9.35. The number of rotatable bonds is 8. The van der Waals surface area contributed by atoms with Crippen LogP contribution in [-0.4, -0.2) is 32.4 Å². The molecule has 0 aliphatic heterocycles. The van der Waals surface area contributed by atoms with Crippen LogP contribution in [0, 0.1) is 0 Å². The van der Waals surface area contributed by atoms with Crippen LogP contribution in [0.2, 0.25) is 0 Å². The Hall–Kier alpha value is -1.17. The van der Waals surface area contributed by atoms with Crippen LogP contribution in [0.4, 0.5) is 0 Å². The fraction of sp³-hybridized carbons (Fsp3) is 0.467. The SMILES string of the molecule is C=CCN(C)S(=O)(=O)Cc1ccc(CNC(C)C)cc1. The van der Waals surface area contributed by atoms with Crippen molar-refractivity contribution in [1.82, 2.24) is 9.62 Å². The van der Waals surface area contributed by atoms with Gasteiger partial charge in [-0.15, -0.1) is 6.58 Å². The number of nitrogens with one attached hydrogen (secondary N) is 1. The Bertz CT molecular complexity index is 521. The molecule has 0 aliphatic carbocycles. The van der Waals surface area contributed by atoms with Gasteiger partial charge in [-0.25, -0.2) is 12.7 Å². The molecule has 112 valence electrons. The lowest BCUT2D eigenvalue weighted by molar-refractivity contribution is 0.498. The predicted molar refractivity (Wildman–Crippen MR) is 83.9 cm³/mol. The molecule has 0 unspecified atom stereocenters. The van der Waals surface area contributed by atoms with Gasteiger partial charge >= 0.3 is 0 Å². The maximum Gasteiger partial charge on any atom is 0.218 e. The average Bonchev–Trinajstić information content (AvgIpc) is 2.37. The molecule has 0 aromatic heterocycles. The molecule has 0 fully saturated rings. The highest BCUT2D eigenvalue weighted by Gasteiger charge is 2.16. The predicted octanol–water partition coefficient (Wildman–Crippen LogP) is 2.13. The number of likely N-dealkylation sites (N-methyl/N-ethyl adjacent to an activating group) is 1. The zero-order valence-corrected chi connectivity index (χ0v) is 13.3. The van der Waals surface area contributed by atoms with Gasteiger partial charge in [0.25, 0.3) is 0 Å². The molecule has 1 rings (SSSR count). The third kappa shape index (κ3) is 5.45. The van der Waals surface area contributed by atoms with E-state index in [0.29, 0.717) is 12.6 Å². The summed E-state index contributed by atoms with van der Waals surface area (Å²) in [4.78, 5) is 0. The van der Waals surface area contributed by atoms with E-state index < -0.39 is 10.0 Å². The molecule has 5 heteroatoms. The molecule has 0 saturated heterocycles. The van der Waals surface area contributed by atoms with Crippen molar-refractivity contribution in [3.8, 4) is 0 Å². The van der Waals surface area contributed by atoms with E-state index in [-0.39, 0.29) is 5.75 Å². The second kappa shape index (κ2) is 7.57. The first kappa shape index (κ1) is 16.9. The molecule has 0 spiro atoms. The van der Waals surface area contributed by atoms with E-state index in [1.54, 1.807) is 13.1 Å². The summed E-state index contributed by atoms with van der Waals surface area (Å²) in [5.74, 6) is 0.0230. The van der Waals surface area contributed by atoms with E-state index in [4.69, 9.17) is 0 Å². The van der Waals surface area contributed by atoms with Crippen molar-refractivity contribution in [2.24, 2.45) is 0 Å². The fourth-order valence-electron chi connectivity index (χ4n) is 1.69. The van der Waals surface area contributed by atoms with Crippen molar-refractivity contribution < 1.29 is 8.42 Å². The number of benzene rings is 1. The van der Waals surface area contributed by atoms with Crippen LogP contribution in [0.5, 0.6) is 0 Å². The average molecular weight is 296 g/mol. The first-order valence-corrected chi connectivity index (χ1v) is 8.32. The molecule has 0 radical (unpaired) electrons. The van der Waals surface area contributed by atoms with Crippen LogP contribution in [-0.2, 0) is 22.3 Å². The molecular formula is C15H24N2O2S. The minimum absolute atomic E-state index is 0.0230. The van der Waals surface area contributed by atoms with Gasteiger partial charge < -0.3 is 5.32 Å². The summed E-state index contributed by atoms with van der Waals surface area (Å²) in [6.07, 6.45) is 1.58. The van der Waals surface area contributed by atoms with Crippen molar-refractivity contribution in [2.45, 2.75) is 32.2 Å². The topological polar surface area (TPSA) is 49.4 Å². The van der Waals surface area contributed by atoms with Gasteiger partial charge in [0.05, 0.1) is 5.75 Å². The molecule has 1 aromatic carbocycles. The van der Waals surface area contributed by atoms with Gasteiger partial charge in [0.15, 0.2) is 0 Å². The summed E-state index contributed by atoms with van der Waals surface area (Å²) in [7, 11) is -1.70. The second-order valence-electron chi connectivity index (χ2n) is 5.18. The van der Waals surface area contributed by atoms with E-state index >= 15 is 0 Å². The molecule has 0 saturated carbocycles. The Morgan fingerprint density at radius 3 is 2.30 bits per heavy atom. The third-order valence-electron chi connectivity index (χ3n) is 2.95. The Morgan fingerprint density at radius 2 is 1.80 bits per heavy atom. The number of nitrogens with zero attached hydrogens (tertiary/aromatic N) is 1. The number of sulfonamides is 1. The lowest BCUT2D eigenvalue weighted by Gasteiger charge is -2.15. The van der Waals surface area contributed by atoms with Crippen LogP contribution in [0.1, 0.15) is 25.0 Å². The highest BCUT2D eigenvalue weighted by molar-refractivity contribution is 7.88. The quantitative estimate of drug-likeness (QED) is 0.748. The molecule has 4 nitrogen and oxygen atoms in total. The largest absolute Gasteiger partial charge is 0.310 e. The highest BCUT2D eigenvalue weighted by Crippen LogP contribution is 2.11. The summed E-state index contributed by atoms with van der Waals surface area (Å²) >= 11 is 0. The Labute approximate surface area is 122 Å². The van der Waals surface area contributed by atoms with Gasteiger partial charge in [0, 0.05) is 26.2 Å². The standard InChI is InChI=1S/C15H24N2O2S/c1-5-10-17(4)20(18,19)12-15-8-6-14(7-9-15)11-16-13(2)3/h5-9,13,16H,1,10-12H2,2-4H3. The van der Waals surface area contributed by atoms with Crippen LogP contribution < -0.4 is 5.32 Å². The number of hydrogen-bond acceptors (Lipinski definition) is 3. The zero-order chi connectivity index (χ0) is 15.2. The van der Waals surface area contributed by atoms with E-state index in [2.05, 4.69) is 25.7 Å². The van der Waals surface area contributed by atoms with E-state index in [0.717, 1.165) is 17.7 Å². The van der Waals surface area contributed by atoms with Gasteiger partial charge in [0.1, 0.15) is 0 Å².